The topological polar surface area (TPSA) is 44.1 Å². The number of rotatable bonds is 3. The number of aryl methyl sites for hydroxylation is 1. The Labute approximate surface area is 125 Å². The van der Waals surface area contributed by atoms with Crippen molar-refractivity contribution in [3.63, 3.8) is 0 Å². The average Bonchev–Trinajstić information content (AvgIpc) is 2.64. The lowest BCUT2D eigenvalue weighted by Gasteiger charge is -2.07. The summed E-state index contributed by atoms with van der Waals surface area (Å²) in [4.78, 5) is 0. The lowest BCUT2D eigenvalue weighted by molar-refractivity contribution is -0.137. The van der Waals surface area contributed by atoms with Gasteiger partial charge in [-0.2, -0.15) is 13.2 Å². The second-order valence-electron chi connectivity index (χ2n) is 4.13. The molecule has 0 bridgehead atoms. The SMILES string of the molecule is Cn1nc(Oc2ccc(C(F)(F)F)cc2)c(Cl)c1S(C)=O. The summed E-state index contributed by atoms with van der Waals surface area (Å²) in [5.74, 6) is 0.139. The quantitative estimate of drug-likeness (QED) is 0.858. The Morgan fingerprint density at radius 2 is 1.86 bits per heavy atom. The van der Waals surface area contributed by atoms with Gasteiger partial charge < -0.3 is 4.74 Å². The predicted molar refractivity (Wildman–Crippen MR) is 72.1 cm³/mol. The average molecular weight is 339 g/mol. The number of ether oxygens (including phenoxy) is 1. The molecule has 0 radical (unpaired) electrons. The number of nitrogens with zero attached hydrogens (tertiary/aromatic N) is 2. The summed E-state index contributed by atoms with van der Waals surface area (Å²) in [6.45, 7) is 0. The van der Waals surface area contributed by atoms with Crippen LogP contribution in [0.4, 0.5) is 13.2 Å². The zero-order valence-corrected chi connectivity index (χ0v) is 12.5. The van der Waals surface area contributed by atoms with Crippen LogP contribution in [0.15, 0.2) is 29.3 Å². The largest absolute Gasteiger partial charge is 0.436 e. The van der Waals surface area contributed by atoms with Crippen molar-refractivity contribution in [1.29, 1.82) is 0 Å². The van der Waals surface area contributed by atoms with Crippen LogP contribution in [-0.2, 0) is 24.0 Å². The van der Waals surface area contributed by atoms with Crippen LogP contribution >= 0.6 is 11.6 Å². The molecule has 0 amide bonds. The molecule has 0 N–H and O–H groups in total. The lowest BCUT2D eigenvalue weighted by atomic mass is 10.2. The Bertz CT molecular complexity index is 683. The molecule has 0 saturated carbocycles. The van der Waals surface area contributed by atoms with Gasteiger partial charge >= 0.3 is 6.18 Å². The van der Waals surface area contributed by atoms with Crippen LogP contribution in [0.2, 0.25) is 5.02 Å². The number of hydrogen-bond donors (Lipinski definition) is 0. The van der Waals surface area contributed by atoms with E-state index in [1.807, 2.05) is 0 Å². The molecule has 1 aromatic heterocycles. The van der Waals surface area contributed by atoms with Crippen LogP contribution in [0.1, 0.15) is 5.56 Å². The van der Waals surface area contributed by atoms with Gasteiger partial charge in [0.1, 0.15) is 15.8 Å². The fourth-order valence-corrected chi connectivity index (χ4v) is 2.94. The highest BCUT2D eigenvalue weighted by Crippen LogP contribution is 2.34. The third-order valence-corrected chi connectivity index (χ3v) is 4.04. The molecular formula is C12H10ClF3N2O2S. The molecule has 0 saturated heterocycles. The first kappa shape index (κ1) is 15.8. The van der Waals surface area contributed by atoms with Gasteiger partial charge in [-0.25, -0.2) is 0 Å². The standard InChI is InChI=1S/C12H10ClF3N2O2S/c1-18-11(21(2)19)9(13)10(17-18)20-8-5-3-7(4-6-8)12(14,15)16/h3-6H,1-2H3. The third-order valence-electron chi connectivity index (χ3n) is 2.58. The van der Waals surface area contributed by atoms with E-state index >= 15 is 0 Å². The van der Waals surface area contributed by atoms with Crippen LogP contribution in [0.25, 0.3) is 0 Å². The summed E-state index contributed by atoms with van der Waals surface area (Å²) in [5.41, 5.74) is -0.780. The van der Waals surface area contributed by atoms with Gasteiger partial charge in [0.25, 0.3) is 5.88 Å². The molecule has 2 aromatic rings. The van der Waals surface area contributed by atoms with E-state index in [0.717, 1.165) is 24.3 Å². The van der Waals surface area contributed by atoms with Crippen molar-refractivity contribution in [2.45, 2.75) is 11.2 Å². The minimum Gasteiger partial charge on any atom is -0.436 e. The van der Waals surface area contributed by atoms with Crippen molar-refractivity contribution in [2.75, 3.05) is 6.26 Å². The monoisotopic (exact) mass is 338 g/mol. The predicted octanol–water partition coefficient (Wildman–Crippen LogP) is 3.62. The number of benzene rings is 1. The van der Waals surface area contributed by atoms with Gasteiger partial charge in [0.2, 0.25) is 0 Å². The van der Waals surface area contributed by atoms with Gasteiger partial charge in [-0.3, -0.25) is 8.89 Å². The van der Waals surface area contributed by atoms with Crippen LogP contribution in [0, 0.1) is 0 Å². The molecule has 0 fully saturated rings. The maximum absolute atomic E-state index is 12.4. The number of alkyl halides is 3. The lowest BCUT2D eigenvalue weighted by Crippen LogP contribution is -2.04. The van der Waals surface area contributed by atoms with Crippen LogP contribution in [-0.4, -0.2) is 20.2 Å². The highest BCUT2D eigenvalue weighted by atomic mass is 35.5. The van der Waals surface area contributed by atoms with Crippen LogP contribution < -0.4 is 4.74 Å². The molecular weight excluding hydrogens is 329 g/mol. The van der Waals surface area contributed by atoms with E-state index in [4.69, 9.17) is 16.3 Å². The third kappa shape index (κ3) is 3.38. The Kier molecular flexibility index (Phi) is 4.29. The fraction of sp³-hybridized carbons (Fsp3) is 0.250. The van der Waals surface area contributed by atoms with Gasteiger partial charge in [-0.1, -0.05) is 11.6 Å². The van der Waals surface area contributed by atoms with E-state index < -0.39 is 22.5 Å². The highest BCUT2D eigenvalue weighted by Gasteiger charge is 2.30. The second-order valence-corrected chi connectivity index (χ2v) is 5.80. The molecule has 1 atom stereocenters. The van der Waals surface area contributed by atoms with Crippen molar-refractivity contribution in [3.05, 3.63) is 34.9 Å². The number of halogens is 4. The molecule has 0 aliphatic heterocycles. The van der Waals surface area contributed by atoms with Gasteiger partial charge in [0, 0.05) is 13.3 Å². The van der Waals surface area contributed by atoms with Crippen molar-refractivity contribution in [1.82, 2.24) is 9.78 Å². The molecule has 0 spiro atoms. The van der Waals surface area contributed by atoms with Crippen molar-refractivity contribution in [2.24, 2.45) is 7.05 Å². The summed E-state index contributed by atoms with van der Waals surface area (Å²) in [7, 11) is 0.179. The Morgan fingerprint density at radius 1 is 1.29 bits per heavy atom. The normalized spacial score (nSPS) is 13.2. The van der Waals surface area contributed by atoms with E-state index in [1.54, 1.807) is 7.05 Å². The molecule has 114 valence electrons. The van der Waals surface area contributed by atoms with E-state index in [0.29, 0.717) is 0 Å². The van der Waals surface area contributed by atoms with E-state index in [2.05, 4.69) is 5.10 Å². The van der Waals surface area contributed by atoms with Gasteiger partial charge in [-0.05, 0) is 24.3 Å². The Morgan fingerprint density at radius 3 is 2.29 bits per heavy atom. The molecule has 0 aliphatic carbocycles. The second kappa shape index (κ2) is 5.69. The Balaban J connectivity index is 2.27. The van der Waals surface area contributed by atoms with Crippen molar-refractivity contribution >= 4 is 22.4 Å². The van der Waals surface area contributed by atoms with Crippen molar-refractivity contribution in [3.8, 4) is 11.6 Å². The maximum Gasteiger partial charge on any atom is 0.416 e. The minimum atomic E-state index is -4.41. The van der Waals surface area contributed by atoms with Crippen molar-refractivity contribution < 1.29 is 22.1 Å². The zero-order chi connectivity index (χ0) is 15.8. The first-order chi connectivity index (χ1) is 9.70. The zero-order valence-electron chi connectivity index (χ0n) is 10.9. The van der Waals surface area contributed by atoms with E-state index in [-0.39, 0.29) is 21.7 Å². The molecule has 1 heterocycles. The summed E-state index contributed by atoms with van der Waals surface area (Å²) in [6.07, 6.45) is -2.97. The molecule has 2 rings (SSSR count). The smallest absolute Gasteiger partial charge is 0.416 e. The van der Waals surface area contributed by atoms with Gasteiger partial charge in [0.05, 0.1) is 16.4 Å². The molecule has 0 aliphatic rings. The van der Waals surface area contributed by atoms with E-state index in [1.165, 1.54) is 10.9 Å². The van der Waals surface area contributed by atoms with Gasteiger partial charge in [-0.15, -0.1) is 5.10 Å². The molecule has 1 unspecified atom stereocenters. The van der Waals surface area contributed by atoms with Crippen LogP contribution in [0.3, 0.4) is 0 Å². The minimum absolute atomic E-state index is 0.0101. The molecule has 9 heteroatoms. The Hall–Kier alpha value is -1.54. The van der Waals surface area contributed by atoms with Gasteiger partial charge in [0.15, 0.2) is 0 Å². The van der Waals surface area contributed by atoms with Crippen LogP contribution in [0.5, 0.6) is 11.6 Å². The summed E-state index contributed by atoms with van der Waals surface area (Å²) >= 11 is 6.00. The maximum atomic E-state index is 12.4. The summed E-state index contributed by atoms with van der Waals surface area (Å²) < 4.78 is 55.5. The van der Waals surface area contributed by atoms with E-state index in [9.17, 15) is 17.4 Å². The fourth-order valence-electron chi connectivity index (χ4n) is 1.66. The highest BCUT2D eigenvalue weighted by molar-refractivity contribution is 7.84. The number of aromatic nitrogens is 2. The first-order valence-electron chi connectivity index (χ1n) is 5.61. The molecule has 1 aromatic carbocycles. The summed E-state index contributed by atoms with van der Waals surface area (Å²) in [5, 5.41) is 4.29. The first-order valence-corrected chi connectivity index (χ1v) is 7.55. The number of hydrogen-bond acceptors (Lipinski definition) is 3. The molecule has 21 heavy (non-hydrogen) atoms. The molecule has 4 nitrogen and oxygen atoms in total. The summed E-state index contributed by atoms with van der Waals surface area (Å²) in [6, 6.07) is 4.11.